The van der Waals surface area contributed by atoms with Gasteiger partial charge in [-0.3, -0.25) is 0 Å². The van der Waals surface area contributed by atoms with Crippen LogP contribution in [0, 0.1) is 6.92 Å². The van der Waals surface area contributed by atoms with Crippen LogP contribution in [0.25, 0.3) is 10.9 Å². The summed E-state index contributed by atoms with van der Waals surface area (Å²) in [6, 6.07) is 6.14. The highest BCUT2D eigenvalue weighted by molar-refractivity contribution is 5.87. The second kappa shape index (κ2) is 3.63. The highest BCUT2D eigenvalue weighted by Crippen LogP contribution is 2.31. The van der Waals surface area contributed by atoms with E-state index in [1.165, 1.54) is 10.9 Å². The van der Waals surface area contributed by atoms with Gasteiger partial charge in [-0.1, -0.05) is 18.2 Å². The van der Waals surface area contributed by atoms with E-state index < -0.39 is 5.60 Å². The van der Waals surface area contributed by atoms with Gasteiger partial charge in [-0.05, 0) is 33.3 Å². The molecule has 0 saturated heterocycles. The van der Waals surface area contributed by atoms with Crippen LogP contribution >= 0.6 is 0 Å². The van der Waals surface area contributed by atoms with E-state index in [9.17, 15) is 5.11 Å². The van der Waals surface area contributed by atoms with E-state index in [2.05, 4.69) is 30.7 Å². The first-order valence-corrected chi connectivity index (χ1v) is 5.76. The molecule has 1 N–H and O–H groups in total. The molecule has 0 aliphatic heterocycles. The molecule has 0 fully saturated rings. The maximum Gasteiger partial charge on any atom is 0.0860 e. The number of para-hydroxylation sites is 1. The predicted molar refractivity (Wildman–Crippen MR) is 67.6 cm³/mol. The number of aromatic nitrogens is 1. The normalized spacial score (nSPS) is 12.3. The molecule has 0 bridgehead atoms. The third kappa shape index (κ3) is 1.63. The van der Waals surface area contributed by atoms with E-state index >= 15 is 0 Å². The standard InChI is InChI=1S/C14H19NO/c1-5-15-9-10(2)11-7-6-8-12(13(11)15)14(3,4)16/h6-9,16H,5H2,1-4H3. The van der Waals surface area contributed by atoms with Gasteiger partial charge in [-0.25, -0.2) is 0 Å². The van der Waals surface area contributed by atoms with E-state index in [1.807, 2.05) is 26.0 Å². The number of hydrogen-bond acceptors (Lipinski definition) is 1. The van der Waals surface area contributed by atoms with Crippen molar-refractivity contribution in [3.63, 3.8) is 0 Å². The molecule has 0 aliphatic carbocycles. The SMILES string of the molecule is CCn1cc(C)c2cccc(C(C)(C)O)c21. The number of aliphatic hydroxyl groups is 1. The van der Waals surface area contributed by atoms with Gasteiger partial charge in [0.05, 0.1) is 11.1 Å². The summed E-state index contributed by atoms with van der Waals surface area (Å²) in [6.45, 7) is 8.84. The molecule has 2 nitrogen and oxygen atoms in total. The third-order valence-electron chi connectivity index (χ3n) is 3.10. The Morgan fingerprint density at radius 1 is 1.31 bits per heavy atom. The fraction of sp³-hybridized carbons (Fsp3) is 0.429. The Bertz CT molecular complexity index is 517. The quantitative estimate of drug-likeness (QED) is 0.821. The second-order valence-electron chi connectivity index (χ2n) is 4.86. The van der Waals surface area contributed by atoms with Crippen molar-refractivity contribution in [1.82, 2.24) is 4.57 Å². The number of rotatable bonds is 2. The summed E-state index contributed by atoms with van der Waals surface area (Å²) < 4.78 is 2.21. The summed E-state index contributed by atoms with van der Waals surface area (Å²) in [7, 11) is 0. The Morgan fingerprint density at radius 3 is 2.56 bits per heavy atom. The molecule has 0 aliphatic rings. The van der Waals surface area contributed by atoms with Gasteiger partial charge in [0.25, 0.3) is 0 Å². The molecule has 1 aromatic heterocycles. The smallest absolute Gasteiger partial charge is 0.0860 e. The molecule has 0 unspecified atom stereocenters. The summed E-state index contributed by atoms with van der Waals surface area (Å²) >= 11 is 0. The lowest BCUT2D eigenvalue weighted by atomic mass is 9.95. The zero-order valence-corrected chi connectivity index (χ0v) is 10.4. The average Bonchev–Trinajstić information content (AvgIpc) is 2.54. The molecule has 2 heteroatoms. The first-order valence-electron chi connectivity index (χ1n) is 5.76. The maximum atomic E-state index is 10.2. The van der Waals surface area contributed by atoms with Gasteiger partial charge in [0, 0.05) is 23.7 Å². The van der Waals surface area contributed by atoms with Crippen LogP contribution in [0.2, 0.25) is 0 Å². The van der Waals surface area contributed by atoms with Crippen molar-refractivity contribution in [3.05, 3.63) is 35.5 Å². The minimum absolute atomic E-state index is 0.794. The molecule has 0 spiro atoms. The fourth-order valence-electron chi connectivity index (χ4n) is 2.28. The van der Waals surface area contributed by atoms with Crippen molar-refractivity contribution in [2.24, 2.45) is 0 Å². The Hall–Kier alpha value is -1.28. The first-order chi connectivity index (χ1) is 7.45. The van der Waals surface area contributed by atoms with Gasteiger partial charge < -0.3 is 9.67 Å². The van der Waals surface area contributed by atoms with Crippen molar-refractivity contribution in [3.8, 4) is 0 Å². The summed E-state index contributed by atoms with van der Waals surface area (Å²) in [5, 5.41) is 11.4. The van der Waals surface area contributed by atoms with E-state index in [1.54, 1.807) is 0 Å². The van der Waals surface area contributed by atoms with Gasteiger partial charge in [0.1, 0.15) is 0 Å². The average molecular weight is 217 g/mol. The maximum absolute atomic E-state index is 10.2. The molecule has 1 aromatic carbocycles. The number of fused-ring (bicyclic) bond motifs is 1. The molecular formula is C14H19NO. The number of hydrogen-bond donors (Lipinski definition) is 1. The Kier molecular flexibility index (Phi) is 2.55. The molecule has 1 heterocycles. The molecule has 0 atom stereocenters. The summed E-state index contributed by atoms with van der Waals surface area (Å²) in [4.78, 5) is 0. The predicted octanol–water partition coefficient (Wildman–Crippen LogP) is 3.20. The monoisotopic (exact) mass is 217 g/mol. The van der Waals surface area contributed by atoms with Crippen molar-refractivity contribution in [1.29, 1.82) is 0 Å². The van der Waals surface area contributed by atoms with E-state index in [0.717, 1.165) is 17.6 Å². The van der Waals surface area contributed by atoms with E-state index in [4.69, 9.17) is 0 Å². The van der Waals surface area contributed by atoms with Crippen LogP contribution in [0.3, 0.4) is 0 Å². The van der Waals surface area contributed by atoms with Crippen molar-refractivity contribution < 1.29 is 5.11 Å². The Labute approximate surface area is 96.5 Å². The molecule has 0 amide bonds. The van der Waals surface area contributed by atoms with Crippen molar-refractivity contribution in [2.75, 3.05) is 0 Å². The summed E-state index contributed by atoms with van der Waals surface area (Å²) in [5.41, 5.74) is 2.63. The molecule has 0 saturated carbocycles. The summed E-state index contributed by atoms with van der Waals surface area (Å²) in [5.74, 6) is 0. The van der Waals surface area contributed by atoms with Crippen molar-refractivity contribution >= 4 is 10.9 Å². The van der Waals surface area contributed by atoms with Gasteiger partial charge >= 0.3 is 0 Å². The Morgan fingerprint density at radius 2 is 2.00 bits per heavy atom. The molecule has 2 aromatic rings. The van der Waals surface area contributed by atoms with Gasteiger partial charge in [0.2, 0.25) is 0 Å². The number of nitrogens with zero attached hydrogens (tertiary/aromatic N) is 1. The van der Waals surface area contributed by atoms with Crippen LogP contribution < -0.4 is 0 Å². The van der Waals surface area contributed by atoms with Crippen molar-refractivity contribution in [2.45, 2.75) is 39.8 Å². The van der Waals surface area contributed by atoms with Crippen LogP contribution in [-0.2, 0) is 12.1 Å². The van der Waals surface area contributed by atoms with E-state index in [0.29, 0.717) is 0 Å². The first kappa shape index (κ1) is 11.2. The van der Waals surface area contributed by atoms with Crippen LogP contribution in [0.1, 0.15) is 31.9 Å². The van der Waals surface area contributed by atoms with E-state index in [-0.39, 0.29) is 0 Å². The van der Waals surface area contributed by atoms with Crippen LogP contribution in [0.15, 0.2) is 24.4 Å². The highest BCUT2D eigenvalue weighted by Gasteiger charge is 2.21. The van der Waals surface area contributed by atoms with Crippen LogP contribution in [0.4, 0.5) is 0 Å². The topological polar surface area (TPSA) is 25.2 Å². The molecular weight excluding hydrogens is 198 g/mol. The van der Waals surface area contributed by atoms with Gasteiger partial charge in [0.15, 0.2) is 0 Å². The highest BCUT2D eigenvalue weighted by atomic mass is 16.3. The lowest BCUT2D eigenvalue weighted by Crippen LogP contribution is -2.17. The second-order valence-corrected chi connectivity index (χ2v) is 4.86. The zero-order chi connectivity index (χ0) is 11.9. The number of aryl methyl sites for hydroxylation is 2. The Balaban J connectivity index is 2.85. The lowest BCUT2D eigenvalue weighted by molar-refractivity contribution is 0.0798. The largest absolute Gasteiger partial charge is 0.386 e. The molecule has 16 heavy (non-hydrogen) atoms. The minimum Gasteiger partial charge on any atom is -0.386 e. The number of benzene rings is 1. The minimum atomic E-state index is -0.794. The van der Waals surface area contributed by atoms with Crippen LogP contribution in [-0.4, -0.2) is 9.67 Å². The van der Waals surface area contributed by atoms with Gasteiger partial charge in [-0.15, -0.1) is 0 Å². The lowest BCUT2D eigenvalue weighted by Gasteiger charge is -2.20. The zero-order valence-electron chi connectivity index (χ0n) is 10.4. The molecule has 86 valence electrons. The summed E-state index contributed by atoms with van der Waals surface area (Å²) in [6.07, 6.45) is 2.15. The van der Waals surface area contributed by atoms with Gasteiger partial charge in [-0.2, -0.15) is 0 Å². The third-order valence-corrected chi connectivity index (χ3v) is 3.10. The molecule has 2 rings (SSSR count). The molecule has 0 radical (unpaired) electrons. The fourth-order valence-corrected chi connectivity index (χ4v) is 2.28. The van der Waals surface area contributed by atoms with Crippen LogP contribution in [0.5, 0.6) is 0 Å².